The third-order valence-electron chi connectivity index (χ3n) is 4.34. The van der Waals surface area contributed by atoms with Crippen LogP contribution in [0.5, 0.6) is 0 Å². The van der Waals surface area contributed by atoms with Gasteiger partial charge in [-0.25, -0.2) is 4.39 Å². The molecule has 1 amide bonds. The van der Waals surface area contributed by atoms with E-state index in [1.165, 1.54) is 17.4 Å². The Hall–Kier alpha value is -2.47. The summed E-state index contributed by atoms with van der Waals surface area (Å²) < 4.78 is 15.7. The van der Waals surface area contributed by atoms with Gasteiger partial charge in [0.25, 0.3) is 5.91 Å². The topological polar surface area (TPSA) is 38.1 Å². The van der Waals surface area contributed by atoms with Crippen LogP contribution in [0.1, 0.15) is 20.9 Å². The molecule has 3 heterocycles. The lowest BCUT2D eigenvalue weighted by Crippen LogP contribution is -2.38. The van der Waals surface area contributed by atoms with Crippen molar-refractivity contribution in [3.8, 4) is 11.1 Å². The van der Waals surface area contributed by atoms with E-state index >= 15 is 0 Å². The SMILES string of the molecule is Cc1ccc(-c2csc(C(=O)N3CCn4nccc4C3)c2)cc1F. The van der Waals surface area contributed by atoms with Crippen LogP contribution in [-0.4, -0.2) is 27.1 Å². The van der Waals surface area contributed by atoms with Crippen molar-refractivity contribution in [3.63, 3.8) is 0 Å². The molecule has 0 atom stereocenters. The minimum absolute atomic E-state index is 0.0197. The third kappa shape index (κ3) is 2.63. The summed E-state index contributed by atoms with van der Waals surface area (Å²) >= 11 is 1.40. The Balaban J connectivity index is 1.56. The summed E-state index contributed by atoms with van der Waals surface area (Å²) in [6.45, 7) is 3.68. The molecule has 122 valence electrons. The lowest BCUT2D eigenvalue weighted by Gasteiger charge is -2.27. The summed E-state index contributed by atoms with van der Waals surface area (Å²) in [5.41, 5.74) is 3.34. The van der Waals surface area contributed by atoms with Crippen LogP contribution in [0.25, 0.3) is 11.1 Å². The highest BCUT2D eigenvalue weighted by Gasteiger charge is 2.23. The Morgan fingerprint density at radius 3 is 2.92 bits per heavy atom. The molecule has 1 aliphatic rings. The average molecular weight is 341 g/mol. The van der Waals surface area contributed by atoms with E-state index in [2.05, 4.69) is 5.10 Å². The molecule has 0 N–H and O–H groups in total. The van der Waals surface area contributed by atoms with Crippen LogP contribution in [0.15, 0.2) is 41.9 Å². The van der Waals surface area contributed by atoms with Gasteiger partial charge in [-0.15, -0.1) is 11.3 Å². The summed E-state index contributed by atoms with van der Waals surface area (Å²) in [5, 5.41) is 6.14. The van der Waals surface area contributed by atoms with Crippen LogP contribution in [-0.2, 0) is 13.1 Å². The normalized spacial score (nSPS) is 13.8. The maximum absolute atomic E-state index is 13.8. The summed E-state index contributed by atoms with van der Waals surface area (Å²) in [7, 11) is 0. The number of fused-ring (bicyclic) bond motifs is 1. The number of thiophene rings is 1. The van der Waals surface area contributed by atoms with Gasteiger partial charge in [-0.1, -0.05) is 12.1 Å². The molecule has 1 aliphatic heterocycles. The summed E-state index contributed by atoms with van der Waals surface area (Å²) in [6.07, 6.45) is 1.76. The number of aromatic nitrogens is 2. The van der Waals surface area contributed by atoms with Gasteiger partial charge in [0.2, 0.25) is 0 Å². The first-order chi connectivity index (χ1) is 11.6. The molecule has 0 saturated heterocycles. The van der Waals surface area contributed by atoms with Gasteiger partial charge in [-0.05, 0) is 47.2 Å². The second kappa shape index (κ2) is 5.87. The van der Waals surface area contributed by atoms with E-state index < -0.39 is 0 Å². The number of halogens is 1. The minimum atomic E-state index is -0.226. The van der Waals surface area contributed by atoms with E-state index in [-0.39, 0.29) is 11.7 Å². The van der Waals surface area contributed by atoms with Crippen LogP contribution in [0.2, 0.25) is 0 Å². The summed E-state index contributed by atoms with van der Waals surface area (Å²) in [4.78, 5) is 15.2. The van der Waals surface area contributed by atoms with Gasteiger partial charge in [-0.3, -0.25) is 9.48 Å². The highest BCUT2D eigenvalue weighted by atomic mass is 32.1. The van der Waals surface area contributed by atoms with Gasteiger partial charge < -0.3 is 4.90 Å². The average Bonchev–Trinajstić information content (AvgIpc) is 3.25. The summed E-state index contributed by atoms with van der Waals surface area (Å²) in [5.74, 6) is -0.206. The quantitative estimate of drug-likeness (QED) is 0.712. The number of benzene rings is 1. The number of nitrogens with zero attached hydrogens (tertiary/aromatic N) is 3. The maximum atomic E-state index is 13.8. The Morgan fingerprint density at radius 1 is 1.21 bits per heavy atom. The number of rotatable bonds is 2. The molecule has 4 nitrogen and oxygen atoms in total. The van der Waals surface area contributed by atoms with Crippen molar-refractivity contribution in [2.75, 3.05) is 6.54 Å². The fraction of sp³-hybridized carbons (Fsp3) is 0.222. The second-order valence-corrected chi connectivity index (χ2v) is 6.85. The molecule has 0 aliphatic carbocycles. The minimum Gasteiger partial charge on any atom is -0.330 e. The standard InChI is InChI=1S/C18H16FN3OS/c1-12-2-3-13(8-16(12)19)14-9-17(24-11-14)18(23)21-6-7-22-15(10-21)4-5-20-22/h2-5,8-9,11H,6-7,10H2,1H3. The lowest BCUT2D eigenvalue weighted by atomic mass is 10.1. The molecule has 4 rings (SSSR count). The molecule has 6 heteroatoms. The Kier molecular flexibility index (Phi) is 3.69. The van der Waals surface area contributed by atoms with Crippen molar-refractivity contribution < 1.29 is 9.18 Å². The first-order valence-electron chi connectivity index (χ1n) is 7.77. The lowest BCUT2D eigenvalue weighted by molar-refractivity contribution is 0.0711. The number of hydrogen-bond donors (Lipinski definition) is 0. The second-order valence-electron chi connectivity index (χ2n) is 5.94. The third-order valence-corrected chi connectivity index (χ3v) is 5.26. The van der Waals surface area contributed by atoms with E-state index in [1.807, 2.05) is 33.2 Å². The van der Waals surface area contributed by atoms with E-state index in [9.17, 15) is 9.18 Å². The van der Waals surface area contributed by atoms with Crippen molar-refractivity contribution in [2.45, 2.75) is 20.0 Å². The molecular weight excluding hydrogens is 325 g/mol. The fourth-order valence-corrected chi connectivity index (χ4v) is 3.77. The molecule has 3 aromatic rings. The van der Waals surface area contributed by atoms with Crippen LogP contribution < -0.4 is 0 Å². The van der Waals surface area contributed by atoms with Gasteiger partial charge >= 0.3 is 0 Å². The molecule has 24 heavy (non-hydrogen) atoms. The molecular formula is C18H16FN3OS. The van der Waals surface area contributed by atoms with Gasteiger partial charge in [0.15, 0.2) is 0 Å². The molecule has 1 aromatic carbocycles. The number of amides is 1. The molecule has 2 aromatic heterocycles. The zero-order chi connectivity index (χ0) is 16.7. The van der Waals surface area contributed by atoms with Crippen LogP contribution in [0.4, 0.5) is 4.39 Å². The largest absolute Gasteiger partial charge is 0.330 e. The van der Waals surface area contributed by atoms with Crippen LogP contribution in [0.3, 0.4) is 0 Å². The van der Waals surface area contributed by atoms with Crippen molar-refractivity contribution in [2.24, 2.45) is 0 Å². The first-order valence-corrected chi connectivity index (χ1v) is 8.65. The predicted octanol–water partition coefficient (Wildman–Crippen LogP) is 3.72. The Bertz CT molecular complexity index is 915. The van der Waals surface area contributed by atoms with E-state index in [4.69, 9.17) is 0 Å². The monoisotopic (exact) mass is 341 g/mol. The van der Waals surface area contributed by atoms with Crippen molar-refractivity contribution in [1.29, 1.82) is 0 Å². The van der Waals surface area contributed by atoms with E-state index in [0.29, 0.717) is 23.5 Å². The Morgan fingerprint density at radius 2 is 2.08 bits per heavy atom. The van der Waals surface area contributed by atoms with Gasteiger partial charge in [0.05, 0.1) is 23.7 Å². The molecule has 0 fully saturated rings. The van der Waals surface area contributed by atoms with Gasteiger partial charge in [0.1, 0.15) is 5.82 Å². The van der Waals surface area contributed by atoms with Crippen molar-refractivity contribution in [3.05, 3.63) is 63.9 Å². The first kappa shape index (κ1) is 15.1. The van der Waals surface area contributed by atoms with Crippen molar-refractivity contribution in [1.82, 2.24) is 14.7 Å². The smallest absolute Gasteiger partial charge is 0.264 e. The predicted molar refractivity (Wildman–Crippen MR) is 91.4 cm³/mol. The number of carbonyl (C=O) groups excluding carboxylic acids is 1. The van der Waals surface area contributed by atoms with Crippen LogP contribution >= 0.6 is 11.3 Å². The number of hydrogen-bond acceptors (Lipinski definition) is 3. The fourth-order valence-electron chi connectivity index (χ4n) is 2.89. The molecule has 0 unspecified atom stereocenters. The molecule has 0 radical (unpaired) electrons. The van der Waals surface area contributed by atoms with Gasteiger partial charge in [-0.2, -0.15) is 5.10 Å². The van der Waals surface area contributed by atoms with Gasteiger partial charge in [0, 0.05) is 12.7 Å². The van der Waals surface area contributed by atoms with E-state index in [0.717, 1.165) is 23.4 Å². The summed E-state index contributed by atoms with van der Waals surface area (Å²) in [6, 6.07) is 8.95. The molecule has 0 spiro atoms. The highest BCUT2D eigenvalue weighted by Crippen LogP contribution is 2.28. The maximum Gasteiger partial charge on any atom is 0.264 e. The molecule has 0 saturated carbocycles. The molecule has 0 bridgehead atoms. The number of aryl methyl sites for hydroxylation is 1. The highest BCUT2D eigenvalue weighted by molar-refractivity contribution is 7.12. The zero-order valence-electron chi connectivity index (χ0n) is 13.2. The van der Waals surface area contributed by atoms with E-state index in [1.54, 1.807) is 19.2 Å². The zero-order valence-corrected chi connectivity index (χ0v) is 14.0. The van der Waals surface area contributed by atoms with Crippen molar-refractivity contribution >= 4 is 17.2 Å². The van der Waals surface area contributed by atoms with Crippen LogP contribution in [0, 0.1) is 12.7 Å². The Labute approximate surface area is 143 Å². The number of carbonyl (C=O) groups is 1.